The first kappa shape index (κ1) is 15.8. The van der Waals surface area contributed by atoms with Crippen molar-refractivity contribution in [2.75, 3.05) is 5.32 Å². The van der Waals surface area contributed by atoms with Crippen LogP contribution in [0.3, 0.4) is 0 Å². The quantitative estimate of drug-likeness (QED) is 0.761. The van der Waals surface area contributed by atoms with Crippen LogP contribution in [0.1, 0.15) is 24.1 Å². The Kier molecular flexibility index (Phi) is 4.61. The fourth-order valence-electron chi connectivity index (χ4n) is 2.43. The van der Waals surface area contributed by atoms with Crippen molar-refractivity contribution in [1.29, 1.82) is 0 Å². The Balaban J connectivity index is 1.60. The van der Waals surface area contributed by atoms with Crippen LogP contribution >= 0.6 is 0 Å². The average molecular weight is 320 g/mol. The van der Waals surface area contributed by atoms with Gasteiger partial charge >= 0.3 is 6.03 Å². The van der Waals surface area contributed by atoms with Gasteiger partial charge in [0.15, 0.2) is 0 Å². The Morgan fingerprint density at radius 1 is 1.08 bits per heavy atom. The van der Waals surface area contributed by atoms with Gasteiger partial charge in [-0.1, -0.05) is 29.8 Å². The Morgan fingerprint density at radius 2 is 1.79 bits per heavy atom. The third-order valence-corrected chi connectivity index (χ3v) is 3.85. The molecule has 2 aromatic carbocycles. The Hall–Kier alpha value is -3.08. The summed E-state index contributed by atoms with van der Waals surface area (Å²) in [6.45, 7) is 3.97. The zero-order valence-electron chi connectivity index (χ0n) is 13.7. The zero-order chi connectivity index (χ0) is 16.9. The van der Waals surface area contributed by atoms with Crippen molar-refractivity contribution in [2.45, 2.75) is 19.9 Å². The second kappa shape index (κ2) is 7.00. The maximum Gasteiger partial charge on any atom is 0.319 e. The van der Waals surface area contributed by atoms with E-state index in [4.69, 9.17) is 0 Å². The molecule has 0 bridgehead atoms. The molecular weight excluding hydrogens is 300 g/mol. The maximum absolute atomic E-state index is 12.1. The van der Waals surface area contributed by atoms with E-state index in [1.165, 1.54) is 0 Å². The predicted octanol–water partition coefficient (Wildman–Crippen LogP) is 4.06. The van der Waals surface area contributed by atoms with E-state index < -0.39 is 0 Å². The molecule has 1 aromatic heterocycles. The number of anilines is 1. The highest BCUT2D eigenvalue weighted by molar-refractivity contribution is 5.89. The molecule has 1 atom stereocenters. The minimum Gasteiger partial charge on any atom is -0.331 e. The molecule has 2 amide bonds. The van der Waals surface area contributed by atoms with E-state index in [2.05, 4.69) is 15.6 Å². The summed E-state index contributed by atoms with van der Waals surface area (Å²) in [5.41, 5.74) is 4.01. The summed E-state index contributed by atoms with van der Waals surface area (Å²) in [4.78, 5) is 16.1. The van der Waals surface area contributed by atoms with Crippen LogP contribution in [0.5, 0.6) is 0 Å². The summed E-state index contributed by atoms with van der Waals surface area (Å²) in [7, 11) is 0. The second-order valence-electron chi connectivity index (χ2n) is 5.75. The molecule has 3 aromatic rings. The van der Waals surface area contributed by atoms with Gasteiger partial charge in [0.1, 0.15) is 0 Å². The third kappa shape index (κ3) is 3.81. The zero-order valence-corrected chi connectivity index (χ0v) is 13.7. The van der Waals surface area contributed by atoms with E-state index >= 15 is 0 Å². The molecule has 0 aliphatic rings. The van der Waals surface area contributed by atoms with Gasteiger partial charge in [-0.15, -0.1) is 0 Å². The maximum atomic E-state index is 12.1. The summed E-state index contributed by atoms with van der Waals surface area (Å²) in [5.74, 6) is 0. The van der Waals surface area contributed by atoms with Gasteiger partial charge in [-0.25, -0.2) is 9.78 Å². The van der Waals surface area contributed by atoms with Gasteiger partial charge in [0.25, 0.3) is 0 Å². The largest absolute Gasteiger partial charge is 0.331 e. The van der Waals surface area contributed by atoms with Crippen LogP contribution in [0.15, 0.2) is 67.3 Å². The predicted molar refractivity (Wildman–Crippen MR) is 95.3 cm³/mol. The number of aryl methyl sites for hydroxylation is 1. The van der Waals surface area contributed by atoms with Crippen LogP contribution in [0.2, 0.25) is 0 Å². The standard InChI is InChI=1S/C19H20N4O/c1-14-3-7-17(8-4-14)22-19(24)21-15(2)16-5-9-18(10-6-16)23-12-11-20-13-23/h3-13,15H,1-2H3,(H2,21,22,24)/t15-/m1/s1. The number of hydrogen-bond acceptors (Lipinski definition) is 2. The van der Waals surface area contributed by atoms with Crippen LogP contribution in [-0.2, 0) is 0 Å². The van der Waals surface area contributed by atoms with Crippen LogP contribution < -0.4 is 10.6 Å². The van der Waals surface area contributed by atoms with Crippen LogP contribution in [0, 0.1) is 6.92 Å². The van der Waals surface area contributed by atoms with Crippen molar-refractivity contribution >= 4 is 11.7 Å². The highest BCUT2D eigenvalue weighted by atomic mass is 16.2. The van der Waals surface area contributed by atoms with Gasteiger partial charge in [0, 0.05) is 23.8 Å². The van der Waals surface area contributed by atoms with E-state index in [0.717, 1.165) is 22.5 Å². The number of amides is 2. The molecule has 1 heterocycles. The highest BCUT2D eigenvalue weighted by Gasteiger charge is 2.09. The minimum atomic E-state index is -0.218. The molecule has 0 saturated carbocycles. The molecule has 122 valence electrons. The van der Waals surface area contributed by atoms with Crippen molar-refractivity contribution < 1.29 is 4.79 Å². The molecule has 0 fully saturated rings. The van der Waals surface area contributed by atoms with Crippen molar-refractivity contribution in [3.05, 3.63) is 78.4 Å². The van der Waals surface area contributed by atoms with Gasteiger partial charge < -0.3 is 15.2 Å². The number of carbonyl (C=O) groups excluding carboxylic acids is 1. The van der Waals surface area contributed by atoms with Crippen molar-refractivity contribution in [3.8, 4) is 5.69 Å². The summed E-state index contributed by atoms with van der Waals surface area (Å²) < 4.78 is 1.94. The Morgan fingerprint density at radius 3 is 2.42 bits per heavy atom. The molecule has 3 rings (SSSR count). The summed E-state index contributed by atoms with van der Waals surface area (Å²) in [6, 6.07) is 15.4. The number of hydrogen-bond donors (Lipinski definition) is 2. The lowest BCUT2D eigenvalue weighted by atomic mass is 10.1. The van der Waals surface area contributed by atoms with Crippen molar-refractivity contribution in [1.82, 2.24) is 14.9 Å². The molecule has 2 N–H and O–H groups in total. The first-order valence-electron chi connectivity index (χ1n) is 7.84. The first-order valence-corrected chi connectivity index (χ1v) is 7.84. The number of nitrogens with zero attached hydrogens (tertiary/aromatic N) is 2. The van der Waals surface area contributed by atoms with Crippen LogP contribution in [-0.4, -0.2) is 15.6 Å². The molecule has 0 spiro atoms. The van der Waals surface area contributed by atoms with Crippen LogP contribution in [0.4, 0.5) is 10.5 Å². The Bertz CT molecular complexity index is 792. The molecule has 0 radical (unpaired) electrons. The fraction of sp³-hybridized carbons (Fsp3) is 0.158. The molecule has 0 unspecified atom stereocenters. The third-order valence-electron chi connectivity index (χ3n) is 3.85. The summed E-state index contributed by atoms with van der Waals surface area (Å²) >= 11 is 0. The number of carbonyl (C=O) groups is 1. The van der Waals surface area contributed by atoms with Gasteiger partial charge in [-0.05, 0) is 43.7 Å². The van der Waals surface area contributed by atoms with E-state index in [0.29, 0.717) is 0 Å². The number of benzene rings is 2. The molecule has 0 saturated heterocycles. The van der Waals surface area contributed by atoms with Crippen LogP contribution in [0.25, 0.3) is 5.69 Å². The number of urea groups is 1. The molecule has 0 aliphatic carbocycles. The van der Waals surface area contributed by atoms with E-state index in [1.807, 2.05) is 73.1 Å². The summed E-state index contributed by atoms with van der Waals surface area (Å²) in [5, 5.41) is 5.79. The molecule has 5 heteroatoms. The average Bonchev–Trinajstić information content (AvgIpc) is 3.11. The molecule has 24 heavy (non-hydrogen) atoms. The van der Waals surface area contributed by atoms with Gasteiger partial charge in [0.05, 0.1) is 12.4 Å². The fourth-order valence-corrected chi connectivity index (χ4v) is 2.43. The smallest absolute Gasteiger partial charge is 0.319 e. The molecule has 0 aliphatic heterocycles. The highest BCUT2D eigenvalue weighted by Crippen LogP contribution is 2.16. The lowest BCUT2D eigenvalue weighted by Gasteiger charge is -2.16. The summed E-state index contributed by atoms with van der Waals surface area (Å²) in [6.07, 6.45) is 5.39. The Labute approximate surface area is 141 Å². The van der Waals surface area contributed by atoms with Gasteiger partial charge in [0.2, 0.25) is 0 Å². The lowest BCUT2D eigenvalue weighted by Crippen LogP contribution is -2.31. The van der Waals surface area contributed by atoms with Gasteiger partial charge in [-0.3, -0.25) is 0 Å². The normalized spacial score (nSPS) is 11.8. The number of imidazole rings is 1. The van der Waals surface area contributed by atoms with Gasteiger partial charge in [-0.2, -0.15) is 0 Å². The minimum absolute atomic E-state index is 0.0905. The van der Waals surface area contributed by atoms with E-state index in [1.54, 1.807) is 12.5 Å². The number of rotatable bonds is 4. The number of aromatic nitrogens is 2. The monoisotopic (exact) mass is 320 g/mol. The number of nitrogens with one attached hydrogen (secondary N) is 2. The lowest BCUT2D eigenvalue weighted by molar-refractivity contribution is 0.249. The SMILES string of the molecule is Cc1ccc(NC(=O)N[C@H](C)c2ccc(-n3ccnc3)cc2)cc1. The molecule has 5 nitrogen and oxygen atoms in total. The van der Waals surface area contributed by atoms with E-state index in [9.17, 15) is 4.79 Å². The van der Waals surface area contributed by atoms with Crippen molar-refractivity contribution in [2.24, 2.45) is 0 Å². The first-order chi connectivity index (χ1) is 11.6. The second-order valence-corrected chi connectivity index (χ2v) is 5.75. The molecular formula is C19H20N4O. The topological polar surface area (TPSA) is 59.0 Å². The van der Waals surface area contributed by atoms with E-state index in [-0.39, 0.29) is 12.1 Å². The van der Waals surface area contributed by atoms with Crippen molar-refractivity contribution in [3.63, 3.8) is 0 Å².